The molecule has 0 fully saturated rings. The van der Waals surface area contributed by atoms with E-state index in [9.17, 15) is 13.2 Å². The van der Waals surface area contributed by atoms with Crippen LogP contribution in [0.15, 0.2) is 24.3 Å². The summed E-state index contributed by atoms with van der Waals surface area (Å²) >= 11 is 0. The number of sulfonamides is 1. The van der Waals surface area contributed by atoms with Crippen molar-refractivity contribution in [1.82, 2.24) is 9.62 Å². The van der Waals surface area contributed by atoms with Gasteiger partial charge in [-0.3, -0.25) is 0 Å². The number of likely N-dealkylation sites (N-methyl/N-ethyl adjacent to an activating group) is 1. The Labute approximate surface area is 145 Å². The van der Waals surface area contributed by atoms with E-state index >= 15 is 0 Å². The molecule has 0 radical (unpaired) electrons. The zero-order valence-corrected chi connectivity index (χ0v) is 16.1. The van der Waals surface area contributed by atoms with Crippen LogP contribution in [0.1, 0.15) is 38.8 Å². The van der Waals surface area contributed by atoms with E-state index < -0.39 is 21.7 Å². The first-order valence-corrected chi connectivity index (χ1v) is 9.49. The Kier molecular flexibility index (Phi) is 6.80. The lowest BCUT2D eigenvalue weighted by molar-refractivity contribution is 0.0504. The maximum Gasteiger partial charge on any atom is 0.407 e. The topological polar surface area (TPSA) is 75.7 Å². The van der Waals surface area contributed by atoms with E-state index in [1.54, 1.807) is 27.7 Å². The average molecular weight is 356 g/mol. The molecule has 136 valence electrons. The highest BCUT2D eigenvalue weighted by molar-refractivity contribution is 7.88. The molecule has 0 spiro atoms. The maximum atomic E-state index is 12.5. The summed E-state index contributed by atoms with van der Waals surface area (Å²) in [6.45, 7) is 9.12. The number of rotatable bonds is 6. The number of nitrogens with zero attached hydrogens (tertiary/aromatic N) is 1. The highest BCUT2D eigenvalue weighted by Gasteiger charge is 2.23. The van der Waals surface area contributed by atoms with Crippen LogP contribution in [-0.2, 0) is 20.5 Å². The van der Waals surface area contributed by atoms with Crippen molar-refractivity contribution < 1.29 is 17.9 Å². The van der Waals surface area contributed by atoms with E-state index in [0.29, 0.717) is 0 Å². The van der Waals surface area contributed by atoms with E-state index in [1.807, 2.05) is 31.2 Å². The van der Waals surface area contributed by atoms with Crippen molar-refractivity contribution in [3.63, 3.8) is 0 Å². The molecule has 0 bridgehead atoms. The Morgan fingerprint density at radius 1 is 1.29 bits per heavy atom. The van der Waals surface area contributed by atoms with Crippen LogP contribution in [0.3, 0.4) is 0 Å². The molecule has 0 saturated carbocycles. The highest BCUT2D eigenvalue weighted by Crippen LogP contribution is 2.14. The van der Waals surface area contributed by atoms with Gasteiger partial charge in [0.25, 0.3) is 0 Å². The van der Waals surface area contributed by atoms with Gasteiger partial charge in [0, 0.05) is 19.6 Å². The van der Waals surface area contributed by atoms with Gasteiger partial charge in [0.2, 0.25) is 10.0 Å². The molecule has 0 aromatic heterocycles. The molecule has 0 saturated heterocycles. The summed E-state index contributed by atoms with van der Waals surface area (Å²) in [6, 6.07) is 7.03. The summed E-state index contributed by atoms with van der Waals surface area (Å²) in [7, 11) is -1.95. The predicted octanol–water partition coefficient (Wildman–Crippen LogP) is 2.67. The van der Waals surface area contributed by atoms with Gasteiger partial charge in [0.05, 0.1) is 5.75 Å². The van der Waals surface area contributed by atoms with Gasteiger partial charge in [-0.05, 0) is 45.7 Å². The van der Waals surface area contributed by atoms with Crippen molar-refractivity contribution in [2.45, 2.75) is 52.0 Å². The highest BCUT2D eigenvalue weighted by atomic mass is 32.2. The first-order chi connectivity index (χ1) is 10.9. The summed E-state index contributed by atoms with van der Waals surface area (Å²) in [5.74, 6) is -0.0602. The van der Waals surface area contributed by atoms with Crippen LogP contribution >= 0.6 is 0 Å². The fraction of sp³-hybridized carbons (Fsp3) is 0.588. The normalized spacial score (nSPS) is 13.6. The molecule has 1 aromatic rings. The molecule has 1 N–H and O–H groups in total. The van der Waals surface area contributed by atoms with Crippen molar-refractivity contribution in [3.05, 3.63) is 35.4 Å². The van der Waals surface area contributed by atoms with Crippen molar-refractivity contribution >= 4 is 16.1 Å². The fourth-order valence-corrected chi connectivity index (χ4v) is 3.52. The van der Waals surface area contributed by atoms with E-state index in [2.05, 4.69) is 5.32 Å². The van der Waals surface area contributed by atoms with Crippen molar-refractivity contribution in [2.24, 2.45) is 0 Å². The molecule has 1 amide bonds. The van der Waals surface area contributed by atoms with Crippen molar-refractivity contribution in [3.8, 4) is 0 Å². The van der Waals surface area contributed by atoms with Crippen molar-refractivity contribution in [2.75, 3.05) is 13.6 Å². The molecule has 1 rings (SSSR count). The molecule has 0 heterocycles. The standard InChI is InChI=1S/C17H28N2O4S/c1-13-9-7-8-10-15(13)12-24(21,22)19(6)11-14(2)18-16(20)23-17(3,4)5/h7-10,14H,11-12H2,1-6H3,(H,18,20)/t14-/m1/s1. The minimum absolute atomic E-state index is 0.0602. The van der Waals surface area contributed by atoms with Crippen LogP contribution < -0.4 is 5.32 Å². The van der Waals surface area contributed by atoms with E-state index in [-0.39, 0.29) is 18.3 Å². The van der Waals surface area contributed by atoms with Crippen LogP contribution in [0.2, 0.25) is 0 Å². The molecular weight excluding hydrogens is 328 g/mol. The summed E-state index contributed by atoms with van der Waals surface area (Å²) in [6.07, 6.45) is -0.556. The quantitative estimate of drug-likeness (QED) is 0.850. The Morgan fingerprint density at radius 2 is 1.88 bits per heavy atom. The zero-order chi connectivity index (χ0) is 18.5. The Bertz CT molecular complexity index is 665. The van der Waals surface area contributed by atoms with Gasteiger partial charge >= 0.3 is 6.09 Å². The molecule has 6 nitrogen and oxygen atoms in total. The first kappa shape index (κ1) is 20.4. The van der Waals surface area contributed by atoms with Crippen LogP contribution in [-0.4, -0.2) is 44.1 Å². The van der Waals surface area contributed by atoms with Gasteiger partial charge in [-0.2, -0.15) is 0 Å². The maximum absolute atomic E-state index is 12.5. The summed E-state index contributed by atoms with van der Waals surface area (Å²) in [5.41, 5.74) is 1.12. The third-order valence-electron chi connectivity index (χ3n) is 3.37. The molecule has 7 heteroatoms. The summed E-state index contributed by atoms with van der Waals surface area (Å²) in [5, 5.41) is 2.65. The predicted molar refractivity (Wildman–Crippen MR) is 95.3 cm³/mol. The third kappa shape index (κ3) is 6.88. The molecule has 0 unspecified atom stereocenters. The monoisotopic (exact) mass is 356 g/mol. The first-order valence-electron chi connectivity index (χ1n) is 7.89. The van der Waals surface area contributed by atoms with Gasteiger partial charge in [0.1, 0.15) is 5.60 Å². The number of alkyl carbamates (subject to hydrolysis) is 1. The Balaban J connectivity index is 2.64. The Morgan fingerprint density at radius 3 is 2.42 bits per heavy atom. The lowest BCUT2D eigenvalue weighted by atomic mass is 10.1. The van der Waals surface area contributed by atoms with Crippen molar-refractivity contribution in [1.29, 1.82) is 0 Å². The van der Waals surface area contributed by atoms with Crippen LogP contribution in [0, 0.1) is 6.92 Å². The second-order valence-corrected chi connectivity index (χ2v) is 9.09. The summed E-state index contributed by atoms with van der Waals surface area (Å²) < 4.78 is 31.4. The molecule has 0 aliphatic rings. The number of carbonyl (C=O) groups is 1. The van der Waals surface area contributed by atoms with Gasteiger partial charge in [-0.1, -0.05) is 24.3 Å². The number of benzene rings is 1. The van der Waals surface area contributed by atoms with E-state index in [0.717, 1.165) is 11.1 Å². The lowest BCUT2D eigenvalue weighted by Crippen LogP contribution is -2.44. The van der Waals surface area contributed by atoms with E-state index in [4.69, 9.17) is 4.74 Å². The number of hydrogen-bond acceptors (Lipinski definition) is 4. The fourth-order valence-electron chi connectivity index (χ4n) is 2.13. The molecule has 0 aliphatic carbocycles. The van der Waals surface area contributed by atoms with Crippen LogP contribution in [0.25, 0.3) is 0 Å². The second-order valence-electron chi connectivity index (χ2n) is 7.01. The van der Waals surface area contributed by atoms with Gasteiger partial charge in [0.15, 0.2) is 0 Å². The number of amides is 1. The summed E-state index contributed by atoms with van der Waals surface area (Å²) in [4.78, 5) is 11.7. The molecule has 1 atom stereocenters. The molecule has 0 aliphatic heterocycles. The largest absolute Gasteiger partial charge is 0.444 e. The lowest BCUT2D eigenvalue weighted by Gasteiger charge is -2.25. The number of nitrogens with one attached hydrogen (secondary N) is 1. The molecule has 24 heavy (non-hydrogen) atoms. The average Bonchev–Trinajstić information content (AvgIpc) is 2.38. The Hall–Kier alpha value is -1.60. The minimum atomic E-state index is -3.46. The van der Waals surface area contributed by atoms with Gasteiger partial charge < -0.3 is 10.1 Å². The number of carbonyl (C=O) groups excluding carboxylic acids is 1. The molecular formula is C17H28N2O4S. The number of hydrogen-bond donors (Lipinski definition) is 1. The van der Waals surface area contributed by atoms with Gasteiger partial charge in [-0.25, -0.2) is 17.5 Å². The zero-order valence-electron chi connectivity index (χ0n) is 15.3. The van der Waals surface area contributed by atoms with Crippen LogP contribution in [0.5, 0.6) is 0 Å². The molecule has 1 aromatic carbocycles. The second kappa shape index (κ2) is 7.98. The minimum Gasteiger partial charge on any atom is -0.444 e. The number of ether oxygens (including phenoxy) is 1. The third-order valence-corrected chi connectivity index (χ3v) is 5.14. The van der Waals surface area contributed by atoms with Crippen LogP contribution in [0.4, 0.5) is 4.79 Å². The van der Waals surface area contributed by atoms with Gasteiger partial charge in [-0.15, -0.1) is 0 Å². The van der Waals surface area contributed by atoms with E-state index in [1.165, 1.54) is 11.4 Å². The smallest absolute Gasteiger partial charge is 0.407 e. The number of aryl methyl sites for hydroxylation is 1. The SMILES string of the molecule is Cc1ccccc1CS(=O)(=O)N(C)C[C@@H](C)NC(=O)OC(C)(C)C.